The molecule has 0 bridgehead atoms. The topological polar surface area (TPSA) is 50.7 Å². The highest BCUT2D eigenvalue weighted by Crippen LogP contribution is 2.28. The van der Waals surface area contributed by atoms with Crippen molar-refractivity contribution in [1.82, 2.24) is 5.43 Å². The van der Waals surface area contributed by atoms with Crippen molar-refractivity contribution in [2.45, 2.75) is 6.61 Å². The summed E-state index contributed by atoms with van der Waals surface area (Å²) in [6.45, 7) is 0.315. The van der Waals surface area contributed by atoms with Gasteiger partial charge in [0.1, 0.15) is 12.4 Å². The largest absolute Gasteiger partial charge is 0.488 e. The molecule has 0 unspecified atom stereocenters. The van der Waals surface area contributed by atoms with Crippen LogP contribution in [-0.4, -0.2) is 12.1 Å². The van der Waals surface area contributed by atoms with Gasteiger partial charge in [-0.1, -0.05) is 71.7 Å². The second-order valence-electron chi connectivity index (χ2n) is 6.78. The van der Waals surface area contributed by atoms with E-state index in [2.05, 4.69) is 10.5 Å². The van der Waals surface area contributed by atoms with Gasteiger partial charge in [-0.05, 0) is 47.2 Å². The number of halogens is 2. The van der Waals surface area contributed by atoms with Gasteiger partial charge < -0.3 is 4.74 Å². The van der Waals surface area contributed by atoms with Gasteiger partial charge in [0.15, 0.2) is 0 Å². The summed E-state index contributed by atoms with van der Waals surface area (Å²) in [5, 5.41) is 7.37. The predicted octanol–water partition coefficient (Wildman–Crippen LogP) is 6.49. The number of hydrogen-bond donors (Lipinski definition) is 1. The van der Waals surface area contributed by atoms with Crippen molar-refractivity contribution in [1.29, 1.82) is 0 Å². The van der Waals surface area contributed by atoms with Gasteiger partial charge in [0.2, 0.25) is 0 Å². The number of rotatable bonds is 6. The minimum Gasteiger partial charge on any atom is -0.488 e. The molecule has 0 radical (unpaired) electrons. The molecular formula is C25H18Cl2N2O2. The van der Waals surface area contributed by atoms with E-state index < -0.39 is 0 Å². The molecule has 4 rings (SSSR count). The van der Waals surface area contributed by atoms with Gasteiger partial charge >= 0.3 is 0 Å². The van der Waals surface area contributed by atoms with E-state index in [1.165, 1.54) is 0 Å². The highest BCUT2D eigenvalue weighted by atomic mass is 35.5. The Morgan fingerprint density at radius 3 is 2.45 bits per heavy atom. The Balaban J connectivity index is 1.59. The maximum atomic E-state index is 12.3. The smallest absolute Gasteiger partial charge is 0.271 e. The van der Waals surface area contributed by atoms with Crippen LogP contribution in [0.15, 0.2) is 90.0 Å². The molecule has 0 spiro atoms. The SMILES string of the molecule is O=C(N/N=C\c1c(OCc2ccccc2Cl)ccc2ccccc12)c1ccc(Cl)cc1. The number of amides is 1. The number of nitrogens with zero attached hydrogens (tertiary/aromatic N) is 1. The minimum atomic E-state index is -0.327. The Morgan fingerprint density at radius 1 is 0.903 bits per heavy atom. The van der Waals surface area contributed by atoms with E-state index in [9.17, 15) is 4.79 Å². The van der Waals surface area contributed by atoms with E-state index >= 15 is 0 Å². The van der Waals surface area contributed by atoms with Gasteiger partial charge in [-0.2, -0.15) is 5.10 Å². The average molecular weight is 449 g/mol. The van der Waals surface area contributed by atoms with Crippen LogP contribution in [0.4, 0.5) is 0 Å². The summed E-state index contributed by atoms with van der Waals surface area (Å²) in [7, 11) is 0. The van der Waals surface area contributed by atoms with E-state index in [0.717, 1.165) is 21.9 Å². The van der Waals surface area contributed by atoms with E-state index in [4.69, 9.17) is 27.9 Å². The van der Waals surface area contributed by atoms with Gasteiger partial charge in [-0.25, -0.2) is 5.43 Å². The molecule has 0 fully saturated rings. The molecule has 31 heavy (non-hydrogen) atoms. The van der Waals surface area contributed by atoms with Gasteiger partial charge in [0, 0.05) is 26.7 Å². The molecule has 0 aliphatic rings. The van der Waals surface area contributed by atoms with Crippen LogP contribution in [0, 0.1) is 0 Å². The molecule has 4 aromatic carbocycles. The number of nitrogens with one attached hydrogen (secondary N) is 1. The number of fused-ring (bicyclic) bond motifs is 1. The number of benzene rings is 4. The fraction of sp³-hybridized carbons (Fsp3) is 0.0400. The zero-order valence-corrected chi connectivity index (χ0v) is 17.9. The van der Waals surface area contributed by atoms with Crippen LogP contribution >= 0.6 is 23.2 Å². The molecule has 6 heteroatoms. The first-order chi connectivity index (χ1) is 15.1. The fourth-order valence-electron chi connectivity index (χ4n) is 3.13. The summed E-state index contributed by atoms with van der Waals surface area (Å²) in [6.07, 6.45) is 1.60. The molecule has 0 aliphatic heterocycles. The van der Waals surface area contributed by atoms with Crippen LogP contribution in [-0.2, 0) is 6.61 Å². The maximum absolute atomic E-state index is 12.3. The third-order valence-corrected chi connectivity index (χ3v) is 5.36. The Kier molecular flexibility index (Phi) is 6.51. The molecule has 4 nitrogen and oxygen atoms in total. The monoisotopic (exact) mass is 448 g/mol. The lowest BCUT2D eigenvalue weighted by atomic mass is 10.0. The summed E-state index contributed by atoms with van der Waals surface area (Å²) in [5.74, 6) is 0.315. The zero-order chi connectivity index (χ0) is 21.6. The molecular weight excluding hydrogens is 431 g/mol. The van der Waals surface area contributed by atoms with Crippen LogP contribution in [0.3, 0.4) is 0 Å². The Labute approximate surface area is 190 Å². The van der Waals surface area contributed by atoms with Crippen molar-refractivity contribution in [3.05, 3.63) is 112 Å². The van der Waals surface area contributed by atoms with Crippen LogP contribution in [0.1, 0.15) is 21.5 Å². The molecule has 0 heterocycles. The number of hydrazone groups is 1. The first-order valence-electron chi connectivity index (χ1n) is 9.59. The second kappa shape index (κ2) is 9.65. The number of ether oxygens (including phenoxy) is 1. The van der Waals surface area contributed by atoms with Crippen molar-refractivity contribution in [2.75, 3.05) is 0 Å². The predicted molar refractivity (Wildman–Crippen MR) is 126 cm³/mol. The molecule has 0 atom stereocenters. The van der Waals surface area contributed by atoms with E-state index in [-0.39, 0.29) is 5.91 Å². The highest BCUT2D eigenvalue weighted by Gasteiger charge is 2.09. The van der Waals surface area contributed by atoms with Crippen LogP contribution in [0.5, 0.6) is 5.75 Å². The molecule has 1 N–H and O–H groups in total. The van der Waals surface area contributed by atoms with E-state index in [0.29, 0.717) is 28.0 Å². The van der Waals surface area contributed by atoms with Crippen molar-refractivity contribution in [3.8, 4) is 5.75 Å². The molecule has 0 aromatic heterocycles. The number of carbonyl (C=O) groups excluding carboxylic acids is 1. The standard InChI is InChI=1S/C25H18Cl2N2O2/c26-20-12-9-18(10-13-20)25(30)29-28-15-22-21-7-3-1-5-17(21)11-14-24(22)31-16-19-6-2-4-8-23(19)27/h1-15H,16H2,(H,29,30)/b28-15-. The summed E-state index contributed by atoms with van der Waals surface area (Å²) < 4.78 is 6.06. The lowest BCUT2D eigenvalue weighted by molar-refractivity contribution is 0.0955. The summed E-state index contributed by atoms with van der Waals surface area (Å²) in [4.78, 5) is 12.3. The summed E-state index contributed by atoms with van der Waals surface area (Å²) >= 11 is 12.1. The summed E-state index contributed by atoms with van der Waals surface area (Å²) in [6, 6.07) is 25.9. The van der Waals surface area contributed by atoms with Crippen molar-refractivity contribution >= 4 is 46.1 Å². The molecule has 0 saturated heterocycles. The van der Waals surface area contributed by atoms with E-state index in [1.807, 2.05) is 60.7 Å². The van der Waals surface area contributed by atoms with Gasteiger partial charge in [-0.3, -0.25) is 4.79 Å². The third-order valence-electron chi connectivity index (χ3n) is 4.74. The first-order valence-corrected chi connectivity index (χ1v) is 10.3. The molecule has 0 aliphatic carbocycles. The summed E-state index contributed by atoms with van der Waals surface area (Å²) in [5.41, 5.74) is 4.67. The Hall–Kier alpha value is -3.34. The zero-order valence-electron chi connectivity index (χ0n) is 16.4. The quantitative estimate of drug-likeness (QED) is 0.270. The second-order valence-corrected chi connectivity index (χ2v) is 7.63. The van der Waals surface area contributed by atoms with Crippen LogP contribution < -0.4 is 10.2 Å². The Bertz CT molecular complexity index is 1250. The average Bonchev–Trinajstić information content (AvgIpc) is 2.79. The fourth-order valence-corrected chi connectivity index (χ4v) is 3.44. The minimum absolute atomic E-state index is 0.315. The molecule has 1 amide bonds. The van der Waals surface area contributed by atoms with Crippen molar-refractivity contribution in [3.63, 3.8) is 0 Å². The van der Waals surface area contributed by atoms with Crippen molar-refractivity contribution < 1.29 is 9.53 Å². The maximum Gasteiger partial charge on any atom is 0.271 e. The van der Waals surface area contributed by atoms with Gasteiger partial charge in [0.25, 0.3) is 5.91 Å². The number of carbonyl (C=O) groups is 1. The third kappa shape index (κ3) is 5.05. The van der Waals surface area contributed by atoms with Crippen molar-refractivity contribution in [2.24, 2.45) is 5.10 Å². The van der Waals surface area contributed by atoms with Gasteiger partial charge in [-0.15, -0.1) is 0 Å². The molecule has 0 saturated carbocycles. The lowest BCUT2D eigenvalue weighted by Gasteiger charge is -2.12. The first kappa shape index (κ1) is 20.9. The van der Waals surface area contributed by atoms with Gasteiger partial charge in [0.05, 0.1) is 6.21 Å². The number of hydrogen-bond acceptors (Lipinski definition) is 3. The van der Waals surface area contributed by atoms with E-state index in [1.54, 1.807) is 30.5 Å². The molecule has 4 aromatic rings. The Morgan fingerprint density at radius 2 is 1.65 bits per heavy atom. The van der Waals surface area contributed by atoms with Crippen LogP contribution in [0.2, 0.25) is 10.0 Å². The molecule has 154 valence electrons. The van der Waals surface area contributed by atoms with Crippen LogP contribution in [0.25, 0.3) is 10.8 Å². The normalized spacial score (nSPS) is 11.0. The lowest BCUT2D eigenvalue weighted by Crippen LogP contribution is -2.17. The highest BCUT2D eigenvalue weighted by molar-refractivity contribution is 6.31.